The van der Waals surface area contributed by atoms with Crippen molar-refractivity contribution in [1.82, 2.24) is 5.32 Å². The third-order valence-electron chi connectivity index (χ3n) is 9.40. The fourth-order valence-corrected chi connectivity index (χ4v) is 7.93. The second kappa shape index (κ2) is 10.7. The lowest BCUT2D eigenvalue weighted by atomic mass is 9.55. The molecule has 3 N–H and O–H groups in total. The Bertz CT molecular complexity index is 1630. The summed E-state index contributed by atoms with van der Waals surface area (Å²) in [6.45, 7) is 5.57. The molecule has 2 spiro atoms. The van der Waals surface area contributed by atoms with E-state index in [-0.39, 0.29) is 22.3 Å². The highest BCUT2D eigenvalue weighted by molar-refractivity contribution is 6.31. The quantitative estimate of drug-likeness (QED) is 0.261. The van der Waals surface area contributed by atoms with Crippen molar-refractivity contribution in [1.29, 1.82) is 0 Å². The lowest BCUT2D eigenvalue weighted by Gasteiger charge is -2.47. The third kappa shape index (κ3) is 4.68. The van der Waals surface area contributed by atoms with Gasteiger partial charge in [0.15, 0.2) is 5.78 Å². The number of hydrogen-bond acceptors (Lipinski definition) is 4. The SMILES string of the molecule is CC(C)(C)C(=O)c1ccc(NC(=O)[C@@H]2NC3(CCCCC3)[C@@]3(C(=O)Nc4cc(Cl)ccc43)[C@H]2c2cccc(Cl)c2F)cc1. The average Bonchev–Trinajstić information content (AvgIpc) is 3.42. The van der Waals surface area contributed by atoms with E-state index in [4.69, 9.17) is 23.2 Å². The van der Waals surface area contributed by atoms with Crippen molar-refractivity contribution in [2.45, 2.75) is 75.8 Å². The number of amides is 2. The van der Waals surface area contributed by atoms with Crippen LogP contribution in [0.3, 0.4) is 0 Å². The second-order valence-corrected chi connectivity index (χ2v) is 13.8. The number of nitrogens with one attached hydrogen (secondary N) is 3. The number of carbonyl (C=O) groups excluding carboxylic acids is 3. The molecule has 3 aromatic carbocycles. The van der Waals surface area contributed by atoms with E-state index in [0.717, 1.165) is 19.3 Å². The Hall–Kier alpha value is -3.26. The number of hydrogen-bond donors (Lipinski definition) is 3. The number of Topliss-reactive ketones (excluding diaryl/α,β-unsaturated/α-hetero) is 1. The Morgan fingerprint density at radius 1 is 0.977 bits per heavy atom. The summed E-state index contributed by atoms with van der Waals surface area (Å²) in [6, 6.07) is 15.8. The van der Waals surface area contributed by atoms with E-state index >= 15 is 4.39 Å². The highest BCUT2D eigenvalue weighted by atomic mass is 35.5. The van der Waals surface area contributed by atoms with Gasteiger partial charge in [0.05, 0.1) is 11.1 Å². The fourth-order valence-electron chi connectivity index (χ4n) is 7.58. The van der Waals surface area contributed by atoms with Crippen LogP contribution >= 0.6 is 23.2 Å². The molecular formula is C34H34Cl2FN3O3. The predicted octanol–water partition coefficient (Wildman–Crippen LogP) is 7.65. The van der Waals surface area contributed by atoms with Crippen LogP contribution in [0.25, 0.3) is 0 Å². The standard InChI is InChI=1S/C34H34Cl2FN3O3/c1-32(2,3)29(41)19-10-13-21(14-11-19)38-30(42)28-26(22-8-7-9-24(36)27(22)37)34(33(40-28)16-5-4-6-17-33)23-15-12-20(35)18-25(23)39-31(34)43/h7-15,18,26,28,40H,4-6,16-17H2,1-3H3,(H,38,42)(H,39,43)/t26-,28+,34+/m0/s1. The van der Waals surface area contributed by atoms with Gasteiger partial charge in [-0.05, 0) is 66.4 Å². The summed E-state index contributed by atoms with van der Waals surface area (Å²) in [7, 11) is 0. The van der Waals surface area contributed by atoms with E-state index in [2.05, 4.69) is 16.0 Å². The van der Waals surface area contributed by atoms with Crippen LogP contribution < -0.4 is 16.0 Å². The van der Waals surface area contributed by atoms with E-state index in [1.165, 1.54) is 6.07 Å². The molecule has 43 heavy (non-hydrogen) atoms. The molecule has 1 saturated heterocycles. The van der Waals surface area contributed by atoms with Crippen LogP contribution in [-0.2, 0) is 15.0 Å². The normalized spacial score (nSPS) is 24.2. The molecule has 0 aromatic heterocycles. The zero-order valence-corrected chi connectivity index (χ0v) is 25.8. The largest absolute Gasteiger partial charge is 0.325 e. The monoisotopic (exact) mass is 621 g/mol. The van der Waals surface area contributed by atoms with Gasteiger partial charge < -0.3 is 10.6 Å². The molecule has 3 aliphatic rings. The maximum absolute atomic E-state index is 16.0. The fraction of sp³-hybridized carbons (Fsp3) is 0.382. The van der Waals surface area contributed by atoms with Gasteiger partial charge in [-0.2, -0.15) is 0 Å². The zero-order valence-electron chi connectivity index (χ0n) is 24.3. The summed E-state index contributed by atoms with van der Waals surface area (Å²) in [5, 5.41) is 10.0. The first kappa shape index (κ1) is 29.8. The first-order chi connectivity index (χ1) is 20.4. The van der Waals surface area contributed by atoms with Crippen molar-refractivity contribution in [2.24, 2.45) is 5.41 Å². The minimum atomic E-state index is -1.30. The van der Waals surface area contributed by atoms with E-state index in [0.29, 0.717) is 40.4 Å². The van der Waals surface area contributed by atoms with E-state index in [9.17, 15) is 14.4 Å². The summed E-state index contributed by atoms with van der Waals surface area (Å²) < 4.78 is 16.0. The Morgan fingerprint density at radius 3 is 2.35 bits per heavy atom. The maximum Gasteiger partial charge on any atom is 0.242 e. The molecule has 1 aliphatic carbocycles. The lowest BCUT2D eigenvalue weighted by Crippen LogP contribution is -2.60. The Morgan fingerprint density at radius 2 is 1.67 bits per heavy atom. The van der Waals surface area contributed by atoms with Gasteiger partial charge in [-0.15, -0.1) is 0 Å². The van der Waals surface area contributed by atoms with Crippen molar-refractivity contribution in [3.63, 3.8) is 0 Å². The Kier molecular flexibility index (Phi) is 7.43. The van der Waals surface area contributed by atoms with Crippen LogP contribution in [-0.4, -0.2) is 29.2 Å². The summed E-state index contributed by atoms with van der Waals surface area (Å²) in [6.07, 6.45) is 3.98. The number of rotatable bonds is 4. The molecule has 2 amide bonds. The average molecular weight is 623 g/mol. The van der Waals surface area contributed by atoms with E-state index in [1.54, 1.807) is 48.5 Å². The summed E-state index contributed by atoms with van der Waals surface area (Å²) in [5.41, 5.74) is -0.171. The minimum absolute atomic E-state index is 0.00784. The first-order valence-corrected chi connectivity index (χ1v) is 15.4. The number of ketones is 1. The van der Waals surface area contributed by atoms with Crippen LogP contribution in [0.15, 0.2) is 60.7 Å². The smallest absolute Gasteiger partial charge is 0.242 e. The summed E-state index contributed by atoms with van der Waals surface area (Å²) in [4.78, 5) is 41.4. The topological polar surface area (TPSA) is 87.3 Å². The molecule has 0 bridgehead atoms. The predicted molar refractivity (Wildman–Crippen MR) is 168 cm³/mol. The number of fused-ring (bicyclic) bond motifs is 3. The van der Waals surface area contributed by atoms with Gasteiger partial charge >= 0.3 is 0 Å². The molecule has 2 aliphatic heterocycles. The van der Waals surface area contributed by atoms with Crippen LogP contribution in [0.5, 0.6) is 0 Å². The van der Waals surface area contributed by atoms with Gasteiger partial charge in [0.1, 0.15) is 11.2 Å². The third-order valence-corrected chi connectivity index (χ3v) is 9.93. The van der Waals surface area contributed by atoms with Crippen LogP contribution in [0, 0.1) is 11.2 Å². The molecular weight excluding hydrogens is 588 g/mol. The number of carbonyl (C=O) groups is 3. The second-order valence-electron chi connectivity index (χ2n) is 13.0. The number of benzene rings is 3. The lowest BCUT2D eigenvalue weighted by molar-refractivity contribution is -0.124. The molecule has 3 aromatic rings. The molecule has 1 saturated carbocycles. The molecule has 2 fully saturated rings. The highest BCUT2D eigenvalue weighted by Gasteiger charge is 2.72. The molecule has 224 valence electrons. The van der Waals surface area contributed by atoms with Gasteiger partial charge in [0.25, 0.3) is 0 Å². The highest BCUT2D eigenvalue weighted by Crippen LogP contribution is 2.62. The molecule has 2 heterocycles. The van der Waals surface area contributed by atoms with Crippen molar-refractivity contribution < 1.29 is 18.8 Å². The Balaban J connectivity index is 1.49. The molecule has 0 radical (unpaired) electrons. The molecule has 0 unspecified atom stereocenters. The van der Waals surface area contributed by atoms with E-state index in [1.807, 2.05) is 26.8 Å². The molecule has 3 atom stereocenters. The van der Waals surface area contributed by atoms with Crippen molar-refractivity contribution in [3.8, 4) is 0 Å². The zero-order chi connectivity index (χ0) is 30.7. The first-order valence-electron chi connectivity index (χ1n) is 14.7. The number of halogens is 3. The Labute approximate surface area is 260 Å². The molecule has 9 heteroatoms. The van der Waals surface area contributed by atoms with Crippen LogP contribution in [0.4, 0.5) is 15.8 Å². The van der Waals surface area contributed by atoms with Gasteiger partial charge in [0.2, 0.25) is 11.8 Å². The number of anilines is 2. The van der Waals surface area contributed by atoms with Crippen LogP contribution in [0.1, 0.15) is 80.3 Å². The van der Waals surface area contributed by atoms with Crippen molar-refractivity contribution in [3.05, 3.63) is 93.2 Å². The molecule has 6 rings (SSSR count). The van der Waals surface area contributed by atoms with Gasteiger partial charge in [0, 0.05) is 38.8 Å². The minimum Gasteiger partial charge on any atom is -0.325 e. The summed E-state index contributed by atoms with van der Waals surface area (Å²) in [5.74, 6) is -2.28. The van der Waals surface area contributed by atoms with Crippen molar-refractivity contribution in [2.75, 3.05) is 10.6 Å². The van der Waals surface area contributed by atoms with Gasteiger partial charge in [-0.25, -0.2) is 4.39 Å². The van der Waals surface area contributed by atoms with E-state index < -0.39 is 40.1 Å². The van der Waals surface area contributed by atoms with Gasteiger partial charge in [-0.3, -0.25) is 19.7 Å². The van der Waals surface area contributed by atoms with Crippen LogP contribution in [0.2, 0.25) is 10.0 Å². The van der Waals surface area contributed by atoms with Crippen molar-refractivity contribution >= 4 is 52.2 Å². The molecule has 6 nitrogen and oxygen atoms in total. The maximum atomic E-state index is 16.0. The van der Waals surface area contributed by atoms with Gasteiger partial charge in [-0.1, -0.05) is 81.4 Å². The summed E-state index contributed by atoms with van der Waals surface area (Å²) >= 11 is 12.6.